The normalized spacial score (nSPS) is 17.2. The Bertz CT molecular complexity index is 1100. The number of carbonyl (C=O) groups excluding carboxylic acids is 1. The zero-order chi connectivity index (χ0) is 29.0. The van der Waals surface area contributed by atoms with Crippen molar-refractivity contribution in [3.05, 3.63) is 35.8 Å². The summed E-state index contributed by atoms with van der Waals surface area (Å²) in [5.41, 5.74) is 3.44. The van der Waals surface area contributed by atoms with Gasteiger partial charge in [0.15, 0.2) is 6.10 Å². The van der Waals surface area contributed by atoms with E-state index < -0.39 is 23.8 Å². The molecule has 1 fully saturated rings. The second-order valence-corrected chi connectivity index (χ2v) is 12.5. The minimum Gasteiger partial charge on any atom is -0.489 e. The predicted octanol–water partition coefficient (Wildman–Crippen LogP) is 7.01. The lowest BCUT2D eigenvalue weighted by atomic mass is 9.82. The fourth-order valence-electron chi connectivity index (χ4n) is 4.59. The molecule has 3 heterocycles. The standard InChI is InChI=1S/C31H46FN3O4/c1-10-22(32)19-37-23-11-12-25(34-17-23)24-18-33-21(4)26(27(24)35-15-13-31(8,9)14-16-35)28(39-30(5,6)7)29(36)38-20(2)3/h11-12,17-18,20,22,28H,10,13-16,19H2,1-9H3/t22?,28-/m0/s1. The molecular weight excluding hydrogens is 497 g/mol. The summed E-state index contributed by atoms with van der Waals surface area (Å²) in [6.07, 6.45) is 3.58. The third kappa shape index (κ3) is 8.37. The molecule has 8 heteroatoms. The van der Waals surface area contributed by atoms with Crippen molar-refractivity contribution in [1.82, 2.24) is 9.97 Å². The van der Waals surface area contributed by atoms with Crippen molar-refractivity contribution in [3.8, 4) is 17.0 Å². The van der Waals surface area contributed by atoms with Crippen LogP contribution in [-0.4, -0.2) is 53.5 Å². The lowest BCUT2D eigenvalue weighted by Crippen LogP contribution is -2.39. The van der Waals surface area contributed by atoms with Crippen LogP contribution >= 0.6 is 0 Å². The van der Waals surface area contributed by atoms with Gasteiger partial charge < -0.3 is 19.1 Å². The first-order chi connectivity index (χ1) is 18.2. The summed E-state index contributed by atoms with van der Waals surface area (Å²) in [6, 6.07) is 3.65. The van der Waals surface area contributed by atoms with Crippen molar-refractivity contribution in [2.45, 2.75) is 106 Å². The zero-order valence-electron chi connectivity index (χ0n) is 25.1. The number of aryl methyl sites for hydroxylation is 1. The molecule has 3 rings (SSSR count). The van der Waals surface area contributed by atoms with Gasteiger partial charge in [-0.1, -0.05) is 20.8 Å². The minimum atomic E-state index is -1.02. The predicted molar refractivity (Wildman–Crippen MR) is 153 cm³/mol. The van der Waals surface area contributed by atoms with E-state index >= 15 is 0 Å². The van der Waals surface area contributed by atoms with Gasteiger partial charge in [-0.3, -0.25) is 9.97 Å². The van der Waals surface area contributed by atoms with E-state index in [0.29, 0.717) is 29.1 Å². The van der Waals surface area contributed by atoms with Crippen LogP contribution in [0.3, 0.4) is 0 Å². The van der Waals surface area contributed by atoms with Gasteiger partial charge in [-0.25, -0.2) is 9.18 Å². The number of hydrogen-bond acceptors (Lipinski definition) is 7. The highest BCUT2D eigenvalue weighted by Gasteiger charge is 2.37. The largest absolute Gasteiger partial charge is 0.489 e. The molecule has 2 aromatic heterocycles. The van der Waals surface area contributed by atoms with Crippen LogP contribution < -0.4 is 9.64 Å². The van der Waals surface area contributed by atoms with Crippen LogP contribution in [0.4, 0.5) is 10.1 Å². The lowest BCUT2D eigenvalue weighted by molar-refractivity contribution is -0.171. The van der Waals surface area contributed by atoms with Crippen LogP contribution in [0.25, 0.3) is 11.3 Å². The molecule has 2 aromatic rings. The first-order valence-electron chi connectivity index (χ1n) is 14.1. The molecule has 0 amide bonds. The Kier molecular flexibility index (Phi) is 9.97. The molecule has 39 heavy (non-hydrogen) atoms. The van der Waals surface area contributed by atoms with Crippen molar-refractivity contribution in [2.75, 3.05) is 24.6 Å². The number of carbonyl (C=O) groups is 1. The van der Waals surface area contributed by atoms with Gasteiger partial charge >= 0.3 is 5.97 Å². The van der Waals surface area contributed by atoms with Gasteiger partial charge in [0.2, 0.25) is 0 Å². The summed E-state index contributed by atoms with van der Waals surface area (Å²) in [6.45, 7) is 19.4. The molecule has 216 valence electrons. The average Bonchev–Trinajstić information content (AvgIpc) is 2.85. The number of anilines is 1. The number of aromatic nitrogens is 2. The Hall–Kier alpha value is -2.74. The summed E-state index contributed by atoms with van der Waals surface area (Å²) in [7, 11) is 0. The number of pyridine rings is 2. The maximum Gasteiger partial charge on any atom is 0.340 e. The Morgan fingerprint density at radius 2 is 1.79 bits per heavy atom. The number of halogens is 1. The van der Waals surface area contributed by atoms with E-state index in [1.54, 1.807) is 19.2 Å². The molecule has 1 unspecified atom stereocenters. The average molecular weight is 544 g/mol. The van der Waals surface area contributed by atoms with Crippen molar-refractivity contribution in [1.29, 1.82) is 0 Å². The van der Waals surface area contributed by atoms with Gasteiger partial charge in [0.25, 0.3) is 0 Å². The minimum absolute atomic E-state index is 0.00758. The van der Waals surface area contributed by atoms with Crippen LogP contribution in [0.15, 0.2) is 24.5 Å². The van der Waals surface area contributed by atoms with E-state index in [1.165, 1.54) is 0 Å². The molecule has 0 spiro atoms. The zero-order valence-corrected chi connectivity index (χ0v) is 25.1. The Morgan fingerprint density at radius 3 is 2.33 bits per heavy atom. The van der Waals surface area contributed by atoms with Gasteiger partial charge in [-0.2, -0.15) is 0 Å². The number of rotatable bonds is 10. The molecule has 0 radical (unpaired) electrons. The monoisotopic (exact) mass is 543 g/mol. The third-order valence-corrected chi connectivity index (χ3v) is 6.91. The second-order valence-electron chi connectivity index (χ2n) is 12.5. The highest BCUT2D eigenvalue weighted by atomic mass is 19.1. The number of ether oxygens (including phenoxy) is 3. The van der Waals surface area contributed by atoms with E-state index in [9.17, 15) is 9.18 Å². The van der Waals surface area contributed by atoms with E-state index in [0.717, 1.165) is 37.2 Å². The first-order valence-corrected chi connectivity index (χ1v) is 14.1. The Balaban J connectivity index is 2.14. The van der Waals surface area contributed by atoms with Gasteiger partial charge in [0.1, 0.15) is 18.5 Å². The van der Waals surface area contributed by atoms with Crippen LogP contribution in [0.2, 0.25) is 0 Å². The molecule has 1 aliphatic heterocycles. The maximum atomic E-state index is 13.7. The highest BCUT2D eigenvalue weighted by Crippen LogP contribution is 2.43. The Labute approximate surface area is 233 Å². The number of hydrogen-bond donors (Lipinski definition) is 0. The van der Waals surface area contributed by atoms with Crippen molar-refractivity contribution >= 4 is 11.7 Å². The van der Waals surface area contributed by atoms with Crippen LogP contribution in [0.5, 0.6) is 5.75 Å². The molecule has 1 aliphatic rings. The third-order valence-electron chi connectivity index (χ3n) is 6.91. The fourth-order valence-corrected chi connectivity index (χ4v) is 4.59. The first kappa shape index (κ1) is 30.8. The molecule has 0 saturated carbocycles. The van der Waals surface area contributed by atoms with E-state index in [2.05, 4.69) is 23.7 Å². The smallest absolute Gasteiger partial charge is 0.340 e. The number of alkyl halides is 1. The summed E-state index contributed by atoms with van der Waals surface area (Å²) < 4.78 is 31.3. The van der Waals surface area contributed by atoms with Crippen molar-refractivity contribution < 1.29 is 23.4 Å². The number of nitrogens with zero attached hydrogens (tertiary/aromatic N) is 3. The van der Waals surface area contributed by atoms with E-state index in [4.69, 9.17) is 19.2 Å². The van der Waals surface area contributed by atoms with Crippen LogP contribution in [0, 0.1) is 12.3 Å². The molecule has 2 atom stereocenters. The maximum absolute atomic E-state index is 13.7. The fraction of sp³-hybridized carbons (Fsp3) is 0.645. The Morgan fingerprint density at radius 1 is 1.13 bits per heavy atom. The number of esters is 1. The van der Waals surface area contributed by atoms with E-state index in [1.807, 2.05) is 53.8 Å². The van der Waals surface area contributed by atoms with Gasteiger partial charge in [0, 0.05) is 36.1 Å². The SMILES string of the molecule is CCC(F)COc1ccc(-c2cnc(C)c([C@H](OC(C)(C)C)C(=O)OC(C)C)c2N2CCC(C)(C)CC2)nc1. The van der Waals surface area contributed by atoms with Crippen molar-refractivity contribution in [2.24, 2.45) is 5.41 Å². The molecule has 1 saturated heterocycles. The molecular formula is C31H46FN3O4. The van der Waals surface area contributed by atoms with Gasteiger partial charge in [-0.05, 0) is 78.4 Å². The summed E-state index contributed by atoms with van der Waals surface area (Å²) >= 11 is 0. The lowest BCUT2D eigenvalue weighted by Gasteiger charge is -2.41. The molecule has 0 aliphatic carbocycles. The molecule has 0 N–H and O–H groups in total. The number of piperidine rings is 1. The second kappa shape index (κ2) is 12.6. The quantitative estimate of drug-likeness (QED) is 0.298. The van der Waals surface area contributed by atoms with Crippen LogP contribution in [-0.2, 0) is 14.3 Å². The molecule has 7 nitrogen and oxygen atoms in total. The van der Waals surface area contributed by atoms with Crippen LogP contribution in [0.1, 0.15) is 92.0 Å². The highest BCUT2D eigenvalue weighted by molar-refractivity contribution is 5.86. The summed E-state index contributed by atoms with van der Waals surface area (Å²) in [5.74, 6) is 0.0693. The molecule has 0 aromatic carbocycles. The summed E-state index contributed by atoms with van der Waals surface area (Å²) in [5, 5.41) is 0. The molecule has 0 bridgehead atoms. The van der Waals surface area contributed by atoms with E-state index in [-0.39, 0.29) is 18.1 Å². The van der Waals surface area contributed by atoms with Gasteiger partial charge in [0.05, 0.1) is 29.3 Å². The summed E-state index contributed by atoms with van der Waals surface area (Å²) in [4.78, 5) is 25.2. The van der Waals surface area contributed by atoms with Crippen molar-refractivity contribution in [3.63, 3.8) is 0 Å². The van der Waals surface area contributed by atoms with Gasteiger partial charge in [-0.15, -0.1) is 0 Å². The topological polar surface area (TPSA) is 73.8 Å².